The Hall–Kier alpha value is -0.870. The minimum absolute atomic E-state index is 0.140. The fraction of sp³-hybridized carbons (Fsp3) is 0.500. The highest BCUT2D eigenvalue weighted by molar-refractivity contribution is 7.10. The summed E-state index contributed by atoms with van der Waals surface area (Å²) < 4.78 is 0. The van der Waals surface area contributed by atoms with Gasteiger partial charge in [-0.2, -0.15) is 0 Å². The first-order valence-electron chi connectivity index (χ1n) is 4.87. The molecular formula is C10H14N2OS. The highest BCUT2D eigenvalue weighted by Gasteiger charge is 2.16. The maximum Gasteiger partial charge on any atom is 0.225 e. The number of carbonyl (C=O) groups excluding carboxylic acids is 1. The number of hydrogen-bond donors (Lipinski definition) is 2. The summed E-state index contributed by atoms with van der Waals surface area (Å²) in [5.41, 5.74) is 0. The van der Waals surface area contributed by atoms with Crippen LogP contribution in [0, 0.1) is 0 Å². The van der Waals surface area contributed by atoms with Crippen LogP contribution in [0.5, 0.6) is 0 Å². The van der Waals surface area contributed by atoms with Gasteiger partial charge in [0.05, 0.1) is 6.42 Å². The molecule has 76 valence electrons. The fourth-order valence-corrected chi connectivity index (χ4v) is 2.33. The van der Waals surface area contributed by atoms with Gasteiger partial charge < -0.3 is 10.6 Å². The molecule has 14 heavy (non-hydrogen) atoms. The van der Waals surface area contributed by atoms with Crippen LogP contribution in [-0.4, -0.2) is 25.0 Å². The van der Waals surface area contributed by atoms with Crippen molar-refractivity contribution in [1.82, 2.24) is 10.6 Å². The van der Waals surface area contributed by atoms with Gasteiger partial charge in [0.2, 0.25) is 5.91 Å². The summed E-state index contributed by atoms with van der Waals surface area (Å²) in [6.07, 6.45) is 1.57. The molecule has 4 heteroatoms. The van der Waals surface area contributed by atoms with Gasteiger partial charge in [-0.3, -0.25) is 4.79 Å². The molecule has 1 saturated heterocycles. The zero-order valence-corrected chi connectivity index (χ0v) is 8.77. The average molecular weight is 210 g/mol. The predicted octanol–water partition coefficient (Wildman–Crippen LogP) is 0.769. The lowest BCUT2D eigenvalue weighted by molar-refractivity contribution is -0.120. The molecule has 2 N–H and O–H groups in total. The summed E-state index contributed by atoms with van der Waals surface area (Å²) in [7, 11) is 0. The molecule has 1 atom stereocenters. The molecule has 1 aliphatic rings. The zero-order valence-electron chi connectivity index (χ0n) is 7.95. The van der Waals surface area contributed by atoms with Crippen LogP contribution >= 0.6 is 11.3 Å². The molecule has 0 saturated carbocycles. The van der Waals surface area contributed by atoms with Gasteiger partial charge in [0.25, 0.3) is 0 Å². The molecule has 2 heterocycles. The molecule has 3 nitrogen and oxygen atoms in total. The quantitative estimate of drug-likeness (QED) is 0.773. The molecule has 2 rings (SSSR count). The van der Waals surface area contributed by atoms with Gasteiger partial charge in [-0.05, 0) is 24.4 Å². The van der Waals surface area contributed by atoms with Crippen LogP contribution in [0.4, 0.5) is 0 Å². The normalized spacial score (nSPS) is 21.0. The molecule has 0 bridgehead atoms. The number of carbonyl (C=O) groups is 1. The van der Waals surface area contributed by atoms with E-state index in [2.05, 4.69) is 10.6 Å². The van der Waals surface area contributed by atoms with Gasteiger partial charge >= 0.3 is 0 Å². The highest BCUT2D eigenvalue weighted by atomic mass is 32.1. The first-order valence-corrected chi connectivity index (χ1v) is 5.75. The number of nitrogens with one attached hydrogen (secondary N) is 2. The van der Waals surface area contributed by atoms with Crippen LogP contribution < -0.4 is 10.6 Å². The van der Waals surface area contributed by atoms with Crippen LogP contribution in [0.15, 0.2) is 17.5 Å². The Morgan fingerprint density at radius 2 is 2.64 bits per heavy atom. The van der Waals surface area contributed by atoms with Crippen molar-refractivity contribution in [1.29, 1.82) is 0 Å². The standard InChI is InChI=1S/C10H14N2OS/c13-10(6-9-2-1-5-14-9)12-8-3-4-11-7-8/h1-2,5,8,11H,3-4,6-7H2,(H,12,13)/t8-/m0/s1. The van der Waals surface area contributed by atoms with Crippen molar-refractivity contribution in [2.24, 2.45) is 0 Å². The fourth-order valence-electron chi connectivity index (χ4n) is 1.63. The smallest absolute Gasteiger partial charge is 0.225 e. The number of hydrogen-bond acceptors (Lipinski definition) is 3. The maximum atomic E-state index is 11.5. The molecule has 1 amide bonds. The molecule has 0 aromatic carbocycles. The predicted molar refractivity (Wildman–Crippen MR) is 57.4 cm³/mol. The Bertz CT molecular complexity index is 291. The molecule has 0 unspecified atom stereocenters. The number of thiophene rings is 1. The van der Waals surface area contributed by atoms with E-state index in [4.69, 9.17) is 0 Å². The molecule has 0 aliphatic carbocycles. The van der Waals surface area contributed by atoms with Gasteiger partial charge in [-0.15, -0.1) is 11.3 Å². The lowest BCUT2D eigenvalue weighted by Gasteiger charge is -2.10. The van der Waals surface area contributed by atoms with E-state index in [1.54, 1.807) is 11.3 Å². The van der Waals surface area contributed by atoms with Crippen LogP contribution in [0.3, 0.4) is 0 Å². The summed E-state index contributed by atoms with van der Waals surface area (Å²) in [5, 5.41) is 8.25. The molecular weight excluding hydrogens is 196 g/mol. The van der Waals surface area contributed by atoms with E-state index >= 15 is 0 Å². The lowest BCUT2D eigenvalue weighted by atomic mass is 10.2. The van der Waals surface area contributed by atoms with E-state index in [0.29, 0.717) is 12.5 Å². The third-order valence-corrected chi connectivity index (χ3v) is 3.22. The van der Waals surface area contributed by atoms with Crippen molar-refractivity contribution in [2.45, 2.75) is 18.9 Å². The minimum atomic E-state index is 0.140. The Morgan fingerprint density at radius 3 is 3.29 bits per heavy atom. The van der Waals surface area contributed by atoms with Crippen molar-refractivity contribution >= 4 is 17.2 Å². The van der Waals surface area contributed by atoms with E-state index in [-0.39, 0.29) is 5.91 Å². The van der Waals surface area contributed by atoms with Crippen molar-refractivity contribution in [2.75, 3.05) is 13.1 Å². The second-order valence-electron chi connectivity index (χ2n) is 3.51. The molecule has 0 spiro atoms. The Balaban J connectivity index is 1.78. The summed E-state index contributed by atoms with van der Waals surface area (Å²) in [4.78, 5) is 12.7. The van der Waals surface area contributed by atoms with Crippen LogP contribution in [0.25, 0.3) is 0 Å². The minimum Gasteiger partial charge on any atom is -0.352 e. The molecule has 1 aromatic rings. The van der Waals surface area contributed by atoms with Gasteiger partial charge in [0.15, 0.2) is 0 Å². The Morgan fingerprint density at radius 1 is 1.71 bits per heavy atom. The van der Waals surface area contributed by atoms with Crippen LogP contribution in [0.2, 0.25) is 0 Å². The Labute approximate surface area is 87.5 Å². The maximum absolute atomic E-state index is 11.5. The second-order valence-corrected chi connectivity index (χ2v) is 4.55. The zero-order chi connectivity index (χ0) is 9.80. The average Bonchev–Trinajstić information content (AvgIpc) is 2.76. The van der Waals surface area contributed by atoms with Crippen molar-refractivity contribution in [3.8, 4) is 0 Å². The topological polar surface area (TPSA) is 41.1 Å². The molecule has 1 fully saturated rings. The number of amides is 1. The Kier molecular flexibility index (Phi) is 3.16. The van der Waals surface area contributed by atoms with Gasteiger partial charge in [-0.25, -0.2) is 0 Å². The summed E-state index contributed by atoms with van der Waals surface area (Å²) in [5.74, 6) is 0.140. The summed E-state index contributed by atoms with van der Waals surface area (Å²) in [6.45, 7) is 1.93. The SMILES string of the molecule is O=C(Cc1cccs1)N[C@H]1CCNC1. The second kappa shape index (κ2) is 4.57. The van der Waals surface area contributed by atoms with E-state index in [9.17, 15) is 4.79 Å². The largest absolute Gasteiger partial charge is 0.352 e. The first kappa shape index (κ1) is 9.68. The van der Waals surface area contributed by atoms with Crippen LogP contribution in [-0.2, 0) is 11.2 Å². The lowest BCUT2D eigenvalue weighted by Crippen LogP contribution is -2.36. The van der Waals surface area contributed by atoms with Crippen molar-refractivity contribution in [3.05, 3.63) is 22.4 Å². The third kappa shape index (κ3) is 2.56. The van der Waals surface area contributed by atoms with E-state index in [1.807, 2.05) is 17.5 Å². The van der Waals surface area contributed by atoms with Crippen molar-refractivity contribution < 1.29 is 4.79 Å². The number of rotatable bonds is 3. The summed E-state index contributed by atoms with van der Waals surface area (Å²) >= 11 is 1.63. The first-order chi connectivity index (χ1) is 6.84. The highest BCUT2D eigenvalue weighted by Crippen LogP contribution is 2.09. The van der Waals surface area contributed by atoms with Gasteiger partial charge in [0, 0.05) is 17.5 Å². The molecule has 0 radical (unpaired) electrons. The summed E-state index contributed by atoms with van der Waals surface area (Å²) in [6, 6.07) is 4.31. The van der Waals surface area contributed by atoms with E-state index in [1.165, 1.54) is 0 Å². The van der Waals surface area contributed by atoms with Gasteiger partial charge in [0.1, 0.15) is 0 Å². The van der Waals surface area contributed by atoms with Crippen LogP contribution in [0.1, 0.15) is 11.3 Å². The molecule has 1 aromatic heterocycles. The molecule has 1 aliphatic heterocycles. The third-order valence-electron chi connectivity index (χ3n) is 2.34. The monoisotopic (exact) mass is 210 g/mol. The van der Waals surface area contributed by atoms with E-state index < -0.39 is 0 Å². The van der Waals surface area contributed by atoms with Gasteiger partial charge in [-0.1, -0.05) is 6.07 Å². The van der Waals surface area contributed by atoms with Crippen molar-refractivity contribution in [3.63, 3.8) is 0 Å². The van der Waals surface area contributed by atoms with E-state index in [0.717, 1.165) is 24.4 Å².